The molecule has 1 aliphatic heterocycles. The zero-order valence-electron chi connectivity index (χ0n) is 10.6. The van der Waals surface area contributed by atoms with E-state index < -0.39 is 27.9 Å². The number of aliphatic hydroxyl groups excluding tert-OH is 1. The fourth-order valence-corrected chi connectivity index (χ4v) is 4.54. The lowest BCUT2D eigenvalue weighted by Gasteiger charge is -2.33. The quantitative estimate of drug-likeness (QED) is 0.828. The molecule has 2 unspecified atom stereocenters. The highest BCUT2D eigenvalue weighted by Gasteiger charge is 2.35. The van der Waals surface area contributed by atoms with Gasteiger partial charge >= 0.3 is 5.97 Å². The predicted octanol–water partition coefficient (Wildman–Crippen LogP) is 1.13. The van der Waals surface area contributed by atoms with Crippen LogP contribution in [0.1, 0.15) is 23.9 Å². The molecule has 20 heavy (non-hydrogen) atoms. The molecule has 1 aromatic rings. The largest absolute Gasteiger partial charge is 0.475 e. The summed E-state index contributed by atoms with van der Waals surface area (Å²) in [5.74, 6) is -1.96. The molecule has 0 saturated carbocycles. The Morgan fingerprint density at radius 2 is 2.20 bits per heavy atom. The number of carboxylic acids is 1. The van der Waals surface area contributed by atoms with Crippen molar-refractivity contribution in [3.63, 3.8) is 0 Å². The Hall–Kier alpha value is -0.900. The molecule has 7 nitrogen and oxygen atoms in total. The monoisotopic (exact) mass is 367 g/mol. The molecule has 0 spiro atoms. The molecule has 1 fully saturated rings. The summed E-state index contributed by atoms with van der Waals surface area (Å²) >= 11 is 2.93. The van der Waals surface area contributed by atoms with Crippen LogP contribution in [-0.2, 0) is 10.0 Å². The van der Waals surface area contributed by atoms with E-state index in [1.54, 1.807) is 6.92 Å². The minimum atomic E-state index is -3.84. The maximum atomic E-state index is 12.5. The fraction of sp³-hybridized carbons (Fsp3) is 0.545. The zero-order valence-corrected chi connectivity index (χ0v) is 13.0. The van der Waals surface area contributed by atoms with Crippen LogP contribution in [0, 0.1) is 5.92 Å². The van der Waals surface area contributed by atoms with Crippen LogP contribution in [0.25, 0.3) is 0 Å². The molecule has 1 aromatic heterocycles. The van der Waals surface area contributed by atoms with Crippen molar-refractivity contribution in [3.8, 4) is 0 Å². The molecule has 1 saturated heterocycles. The van der Waals surface area contributed by atoms with Gasteiger partial charge < -0.3 is 14.6 Å². The smallest absolute Gasteiger partial charge is 0.371 e. The molecular formula is C11H14BrNO6S. The SMILES string of the molecule is CC1CN(S(=O)(=O)c2cc(C(=O)O)oc2Br)CCC1O. The number of piperidine rings is 1. The number of rotatable bonds is 3. The number of sulfonamides is 1. The highest BCUT2D eigenvalue weighted by molar-refractivity contribution is 9.10. The molecule has 2 atom stereocenters. The van der Waals surface area contributed by atoms with E-state index in [1.165, 1.54) is 4.31 Å². The van der Waals surface area contributed by atoms with Crippen LogP contribution in [0.3, 0.4) is 0 Å². The fourth-order valence-electron chi connectivity index (χ4n) is 2.09. The summed E-state index contributed by atoms with van der Waals surface area (Å²) < 4.78 is 30.9. The number of nitrogens with zero attached hydrogens (tertiary/aromatic N) is 1. The van der Waals surface area contributed by atoms with Crippen LogP contribution in [0.15, 0.2) is 20.0 Å². The van der Waals surface area contributed by atoms with Gasteiger partial charge in [-0.3, -0.25) is 0 Å². The van der Waals surface area contributed by atoms with E-state index in [1.807, 2.05) is 0 Å². The Bertz CT molecular complexity index is 625. The van der Waals surface area contributed by atoms with E-state index in [9.17, 15) is 18.3 Å². The van der Waals surface area contributed by atoms with Gasteiger partial charge in [-0.2, -0.15) is 4.31 Å². The summed E-state index contributed by atoms with van der Waals surface area (Å²) in [7, 11) is -3.84. The number of hydrogen-bond donors (Lipinski definition) is 2. The Morgan fingerprint density at radius 3 is 2.70 bits per heavy atom. The van der Waals surface area contributed by atoms with Crippen molar-refractivity contribution in [1.82, 2.24) is 4.31 Å². The Labute approximate surface area is 124 Å². The number of aromatic carboxylic acids is 1. The van der Waals surface area contributed by atoms with E-state index in [0.29, 0.717) is 6.42 Å². The van der Waals surface area contributed by atoms with Crippen molar-refractivity contribution >= 4 is 31.9 Å². The summed E-state index contributed by atoms with van der Waals surface area (Å²) in [5, 5.41) is 18.5. The zero-order chi connectivity index (χ0) is 15.1. The second-order valence-corrected chi connectivity index (χ2v) is 7.38. The molecular weight excluding hydrogens is 354 g/mol. The number of carbonyl (C=O) groups is 1. The molecule has 2 rings (SSSR count). The summed E-state index contributed by atoms with van der Waals surface area (Å²) in [5.41, 5.74) is 0. The van der Waals surface area contributed by atoms with Gasteiger partial charge in [-0.1, -0.05) is 6.92 Å². The average molecular weight is 368 g/mol. The van der Waals surface area contributed by atoms with Crippen LogP contribution in [0.4, 0.5) is 0 Å². The number of carboxylic acid groups (broad SMARTS) is 1. The van der Waals surface area contributed by atoms with Crippen molar-refractivity contribution in [2.75, 3.05) is 13.1 Å². The van der Waals surface area contributed by atoms with Crippen LogP contribution in [0.5, 0.6) is 0 Å². The topological polar surface area (TPSA) is 108 Å². The third-order valence-corrected chi connectivity index (χ3v) is 6.03. The van der Waals surface area contributed by atoms with Crippen molar-refractivity contribution in [2.24, 2.45) is 5.92 Å². The van der Waals surface area contributed by atoms with Gasteiger partial charge in [-0.15, -0.1) is 0 Å². The summed E-state index contributed by atoms with van der Waals surface area (Å²) in [6.45, 7) is 2.14. The van der Waals surface area contributed by atoms with Crippen LogP contribution in [-0.4, -0.2) is 48.1 Å². The predicted molar refractivity (Wildman–Crippen MR) is 71.9 cm³/mol. The standard InChI is InChI=1S/C11H14BrNO6S/c1-6-5-13(3-2-7(6)14)20(17,18)9-4-8(11(15)16)19-10(9)12/h4,6-7,14H,2-3,5H2,1H3,(H,15,16). The summed E-state index contributed by atoms with van der Waals surface area (Å²) in [6.07, 6.45) is -0.175. The number of halogens is 1. The highest BCUT2D eigenvalue weighted by atomic mass is 79.9. The number of aliphatic hydroxyl groups is 1. The van der Waals surface area contributed by atoms with Crippen LogP contribution in [0.2, 0.25) is 0 Å². The molecule has 0 aromatic carbocycles. The Morgan fingerprint density at radius 1 is 1.55 bits per heavy atom. The maximum absolute atomic E-state index is 12.5. The van der Waals surface area contributed by atoms with Gasteiger partial charge in [0.2, 0.25) is 15.8 Å². The van der Waals surface area contributed by atoms with E-state index >= 15 is 0 Å². The first kappa shape index (κ1) is 15.5. The van der Waals surface area contributed by atoms with Crippen molar-refractivity contribution < 1.29 is 27.8 Å². The third-order valence-electron chi connectivity index (χ3n) is 3.31. The van der Waals surface area contributed by atoms with Gasteiger partial charge in [0, 0.05) is 19.2 Å². The van der Waals surface area contributed by atoms with Crippen molar-refractivity contribution in [2.45, 2.75) is 24.3 Å². The van der Waals surface area contributed by atoms with E-state index in [0.717, 1.165) is 6.07 Å². The van der Waals surface area contributed by atoms with Crippen molar-refractivity contribution in [1.29, 1.82) is 0 Å². The summed E-state index contributed by atoms with van der Waals surface area (Å²) in [4.78, 5) is 10.6. The molecule has 2 heterocycles. The lowest BCUT2D eigenvalue weighted by molar-refractivity contribution is 0.0627. The normalized spacial score (nSPS) is 24.8. The maximum Gasteiger partial charge on any atom is 0.371 e. The molecule has 0 bridgehead atoms. The van der Waals surface area contributed by atoms with Gasteiger partial charge in [-0.05, 0) is 28.3 Å². The Balaban J connectivity index is 2.33. The molecule has 0 radical (unpaired) electrons. The minimum Gasteiger partial charge on any atom is -0.475 e. The molecule has 0 amide bonds. The second kappa shape index (κ2) is 5.47. The average Bonchev–Trinajstić information content (AvgIpc) is 2.75. The van der Waals surface area contributed by atoms with Gasteiger partial charge in [-0.25, -0.2) is 13.2 Å². The lowest BCUT2D eigenvalue weighted by atomic mass is 9.99. The highest BCUT2D eigenvalue weighted by Crippen LogP contribution is 2.31. The number of hydrogen-bond acceptors (Lipinski definition) is 5. The van der Waals surface area contributed by atoms with Gasteiger partial charge in [0.05, 0.1) is 6.10 Å². The van der Waals surface area contributed by atoms with E-state index in [2.05, 4.69) is 15.9 Å². The Kier molecular flexibility index (Phi) is 4.24. The summed E-state index contributed by atoms with van der Waals surface area (Å²) in [6, 6.07) is 0.984. The van der Waals surface area contributed by atoms with Gasteiger partial charge in [0.15, 0.2) is 4.67 Å². The first-order chi connectivity index (χ1) is 9.23. The molecule has 2 N–H and O–H groups in total. The first-order valence-corrected chi connectivity index (χ1v) is 8.17. The van der Waals surface area contributed by atoms with Gasteiger partial charge in [0.25, 0.3) is 0 Å². The third kappa shape index (κ3) is 2.76. The van der Waals surface area contributed by atoms with Crippen molar-refractivity contribution in [3.05, 3.63) is 16.5 Å². The molecule has 0 aliphatic carbocycles. The lowest BCUT2D eigenvalue weighted by Crippen LogP contribution is -2.44. The molecule has 9 heteroatoms. The second-order valence-electron chi connectivity index (χ2n) is 4.75. The van der Waals surface area contributed by atoms with Gasteiger partial charge in [0.1, 0.15) is 4.90 Å². The van der Waals surface area contributed by atoms with Crippen LogP contribution < -0.4 is 0 Å². The number of furan rings is 1. The van der Waals surface area contributed by atoms with E-state index in [4.69, 9.17) is 9.52 Å². The molecule has 1 aliphatic rings. The minimum absolute atomic E-state index is 0.131. The molecule has 112 valence electrons. The first-order valence-electron chi connectivity index (χ1n) is 5.94. The van der Waals surface area contributed by atoms with E-state index in [-0.39, 0.29) is 28.6 Å². The van der Waals surface area contributed by atoms with Crippen LogP contribution >= 0.6 is 15.9 Å².